The Balaban J connectivity index is 2.26. The number of carbonyl (C=O) groups excluding carboxylic acids is 1. The molecule has 0 spiro atoms. The van der Waals surface area contributed by atoms with Gasteiger partial charge in [-0.1, -0.05) is 22.0 Å². The fourth-order valence-electron chi connectivity index (χ4n) is 2.54. The number of morpholine rings is 1. The number of halogens is 2. The van der Waals surface area contributed by atoms with E-state index in [0.29, 0.717) is 19.0 Å². The van der Waals surface area contributed by atoms with E-state index in [1.165, 1.54) is 0 Å². The van der Waals surface area contributed by atoms with Gasteiger partial charge >= 0.3 is 0 Å². The van der Waals surface area contributed by atoms with Gasteiger partial charge in [-0.15, -0.1) is 11.6 Å². The molecule has 1 fully saturated rings. The van der Waals surface area contributed by atoms with Crippen LogP contribution in [0.4, 0.5) is 0 Å². The first kappa shape index (κ1) is 15.8. The number of hydrogen-bond donors (Lipinski definition) is 0. The lowest BCUT2D eigenvalue weighted by atomic mass is 10.0. The van der Waals surface area contributed by atoms with Gasteiger partial charge in [0.05, 0.1) is 17.6 Å². The molecule has 1 unspecified atom stereocenters. The maximum Gasteiger partial charge on any atom is 0.254 e. The van der Waals surface area contributed by atoms with E-state index in [-0.39, 0.29) is 17.6 Å². The second kappa shape index (κ2) is 6.04. The molecule has 1 aliphatic rings. The quantitative estimate of drug-likeness (QED) is 0.754. The molecular weight excluding hydrogens is 342 g/mol. The van der Waals surface area contributed by atoms with E-state index in [2.05, 4.69) is 15.9 Å². The van der Waals surface area contributed by atoms with Crippen molar-refractivity contribution in [3.63, 3.8) is 0 Å². The van der Waals surface area contributed by atoms with Gasteiger partial charge in [0.1, 0.15) is 0 Å². The van der Waals surface area contributed by atoms with Crippen molar-refractivity contribution in [2.45, 2.75) is 32.5 Å². The van der Waals surface area contributed by atoms with Crippen molar-refractivity contribution < 1.29 is 9.53 Å². The Labute approximate surface area is 133 Å². The molecule has 0 aliphatic carbocycles. The highest BCUT2D eigenvalue weighted by Crippen LogP contribution is 2.26. The number of benzene rings is 1. The van der Waals surface area contributed by atoms with E-state index in [1.54, 1.807) is 0 Å². The summed E-state index contributed by atoms with van der Waals surface area (Å²) < 4.78 is 6.81. The number of alkyl halides is 1. The van der Waals surface area contributed by atoms with Gasteiger partial charge in [0.2, 0.25) is 0 Å². The number of nitrogens with zero attached hydrogens (tertiary/aromatic N) is 1. The van der Waals surface area contributed by atoms with Crippen LogP contribution in [0.1, 0.15) is 29.8 Å². The van der Waals surface area contributed by atoms with Gasteiger partial charge < -0.3 is 9.64 Å². The van der Waals surface area contributed by atoms with Crippen LogP contribution < -0.4 is 0 Å². The van der Waals surface area contributed by atoms with Gasteiger partial charge in [-0.2, -0.15) is 0 Å². The number of hydrogen-bond acceptors (Lipinski definition) is 2. The number of carbonyl (C=O) groups is 1. The standard InChI is InChI=1S/C15H19BrClNO2/c1-10-12(5-4-6-13(10)16)14(19)18-8-11(7-17)20-15(2,3)9-18/h4-6,11H,7-9H2,1-3H3. The number of ether oxygens (including phenoxy) is 1. The van der Waals surface area contributed by atoms with E-state index >= 15 is 0 Å². The Morgan fingerprint density at radius 3 is 2.90 bits per heavy atom. The topological polar surface area (TPSA) is 29.5 Å². The largest absolute Gasteiger partial charge is 0.367 e. The summed E-state index contributed by atoms with van der Waals surface area (Å²) in [5.74, 6) is 0.431. The minimum Gasteiger partial charge on any atom is -0.367 e. The zero-order valence-corrected chi connectivity index (χ0v) is 14.3. The van der Waals surface area contributed by atoms with Crippen LogP contribution in [0.25, 0.3) is 0 Å². The van der Waals surface area contributed by atoms with Crippen molar-refractivity contribution in [2.24, 2.45) is 0 Å². The SMILES string of the molecule is Cc1c(Br)cccc1C(=O)N1CC(CCl)OC(C)(C)C1. The Morgan fingerprint density at radius 1 is 1.55 bits per heavy atom. The van der Waals surface area contributed by atoms with Crippen LogP contribution in [0.2, 0.25) is 0 Å². The fraction of sp³-hybridized carbons (Fsp3) is 0.533. The Hall–Kier alpha value is -0.580. The lowest BCUT2D eigenvalue weighted by Crippen LogP contribution is -2.55. The molecule has 0 N–H and O–H groups in total. The summed E-state index contributed by atoms with van der Waals surface area (Å²) in [6, 6.07) is 5.69. The van der Waals surface area contributed by atoms with Crippen molar-refractivity contribution in [3.8, 4) is 0 Å². The monoisotopic (exact) mass is 359 g/mol. The van der Waals surface area contributed by atoms with Crippen LogP contribution in [0.5, 0.6) is 0 Å². The predicted octanol–water partition coefficient (Wildman–Crippen LogP) is 3.62. The predicted molar refractivity (Wildman–Crippen MR) is 84.5 cm³/mol. The molecule has 1 amide bonds. The summed E-state index contributed by atoms with van der Waals surface area (Å²) in [4.78, 5) is 14.6. The van der Waals surface area contributed by atoms with Crippen molar-refractivity contribution in [1.82, 2.24) is 4.90 Å². The molecule has 0 aromatic heterocycles. The smallest absolute Gasteiger partial charge is 0.254 e. The number of rotatable bonds is 2. The summed E-state index contributed by atoms with van der Waals surface area (Å²) in [7, 11) is 0. The summed E-state index contributed by atoms with van der Waals surface area (Å²) in [5.41, 5.74) is 1.32. The second-order valence-electron chi connectivity index (χ2n) is 5.75. The zero-order valence-electron chi connectivity index (χ0n) is 12.0. The molecule has 0 saturated carbocycles. The first-order chi connectivity index (χ1) is 9.34. The van der Waals surface area contributed by atoms with Gasteiger partial charge in [0.15, 0.2) is 0 Å². The Kier molecular flexibility index (Phi) is 4.77. The molecule has 1 saturated heterocycles. The molecule has 5 heteroatoms. The van der Waals surface area contributed by atoms with E-state index in [4.69, 9.17) is 16.3 Å². The maximum absolute atomic E-state index is 12.7. The fourth-order valence-corrected chi connectivity index (χ4v) is 3.07. The average Bonchev–Trinajstić information content (AvgIpc) is 2.39. The van der Waals surface area contributed by atoms with Crippen molar-refractivity contribution in [2.75, 3.05) is 19.0 Å². The van der Waals surface area contributed by atoms with E-state index in [0.717, 1.165) is 15.6 Å². The first-order valence-corrected chi connectivity index (χ1v) is 7.95. The van der Waals surface area contributed by atoms with Crippen LogP contribution in [0.15, 0.2) is 22.7 Å². The molecule has 0 radical (unpaired) electrons. The third-order valence-corrected chi connectivity index (χ3v) is 4.64. The molecule has 0 bridgehead atoms. The third-order valence-electron chi connectivity index (χ3n) is 3.44. The Bertz CT molecular complexity index is 519. The minimum absolute atomic E-state index is 0.0373. The van der Waals surface area contributed by atoms with Crippen LogP contribution in [-0.4, -0.2) is 41.5 Å². The zero-order chi connectivity index (χ0) is 14.9. The lowest BCUT2D eigenvalue weighted by molar-refractivity contribution is -0.117. The molecule has 1 atom stereocenters. The number of amides is 1. The highest BCUT2D eigenvalue weighted by Gasteiger charge is 2.35. The van der Waals surface area contributed by atoms with Gasteiger partial charge in [-0.3, -0.25) is 4.79 Å². The highest BCUT2D eigenvalue weighted by atomic mass is 79.9. The Morgan fingerprint density at radius 2 is 2.25 bits per heavy atom. The van der Waals surface area contributed by atoms with Gasteiger partial charge in [0, 0.05) is 23.1 Å². The molecule has 1 aromatic rings. The van der Waals surface area contributed by atoms with Crippen molar-refractivity contribution in [3.05, 3.63) is 33.8 Å². The van der Waals surface area contributed by atoms with Crippen molar-refractivity contribution in [1.29, 1.82) is 0 Å². The lowest BCUT2D eigenvalue weighted by Gasteiger charge is -2.42. The highest BCUT2D eigenvalue weighted by molar-refractivity contribution is 9.10. The average molecular weight is 361 g/mol. The van der Waals surface area contributed by atoms with E-state index in [9.17, 15) is 4.79 Å². The minimum atomic E-state index is -0.368. The van der Waals surface area contributed by atoms with Crippen LogP contribution >= 0.6 is 27.5 Å². The second-order valence-corrected chi connectivity index (χ2v) is 6.91. The van der Waals surface area contributed by atoms with Gasteiger partial charge in [0.25, 0.3) is 5.91 Å². The van der Waals surface area contributed by atoms with Crippen LogP contribution in [-0.2, 0) is 4.74 Å². The first-order valence-electron chi connectivity index (χ1n) is 6.62. The summed E-state index contributed by atoms with van der Waals surface area (Å²) in [6.07, 6.45) is -0.114. The normalized spacial score (nSPS) is 21.9. The molecule has 2 rings (SSSR count). The molecule has 1 aliphatic heterocycles. The summed E-state index contributed by atoms with van der Waals surface area (Å²) in [5, 5.41) is 0. The van der Waals surface area contributed by atoms with E-state index < -0.39 is 0 Å². The molecule has 1 aromatic carbocycles. The third kappa shape index (κ3) is 3.35. The summed E-state index contributed by atoms with van der Waals surface area (Å²) in [6.45, 7) is 7.03. The van der Waals surface area contributed by atoms with Crippen LogP contribution in [0.3, 0.4) is 0 Å². The summed E-state index contributed by atoms with van der Waals surface area (Å²) >= 11 is 9.38. The molecule has 1 heterocycles. The molecule has 110 valence electrons. The molecule has 3 nitrogen and oxygen atoms in total. The molecule has 20 heavy (non-hydrogen) atoms. The van der Waals surface area contributed by atoms with Gasteiger partial charge in [-0.25, -0.2) is 0 Å². The van der Waals surface area contributed by atoms with Crippen LogP contribution in [0, 0.1) is 6.92 Å². The maximum atomic E-state index is 12.7. The molecular formula is C15H19BrClNO2. The van der Waals surface area contributed by atoms with E-state index in [1.807, 2.05) is 43.9 Å². The van der Waals surface area contributed by atoms with Crippen molar-refractivity contribution >= 4 is 33.4 Å². The van der Waals surface area contributed by atoms with Gasteiger partial charge in [-0.05, 0) is 38.5 Å².